The molecule has 1 aromatic carbocycles. The summed E-state index contributed by atoms with van der Waals surface area (Å²) in [5.41, 5.74) is 0.373. The van der Waals surface area contributed by atoms with Gasteiger partial charge in [-0.2, -0.15) is 0 Å². The lowest BCUT2D eigenvalue weighted by Gasteiger charge is -2.17. The molecule has 1 saturated heterocycles. The van der Waals surface area contributed by atoms with Crippen molar-refractivity contribution in [3.8, 4) is 0 Å². The number of hydrogen-bond donors (Lipinski definition) is 2. The highest BCUT2D eigenvalue weighted by Crippen LogP contribution is 2.24. The number of carbonyl (C=O) groups is 1. The number of nitrogens with one attached hydrogen (secondary N) is 2. The Morgan fingerprint density at radius 3 is 2.67 bits per heavy atom. The minimum absolute atomic E-state index is 0.183. The van der Waals surface area contributed by atoms with Crippen LogP contribution < -0.4 is 10.6 Å². The summed E-state index contributed by atoms with van der Waals surface area (Å²) in [5, 5.41) is 7.11. The summed E-state index contributed by atoms with van der Waals surface area (Å²) in [6.07, 6.45) is 3.00. The van der Waals surface area contributed by atoms with Crippen molar-refractivity contribution in [1.29, 1.82) is 0 Å². The van der Waals surface area contributed by atoms with Crippen molar-refractivity contribution in [2.45, 2.75) is 25.3 Å². The standard InChI is InChI=1S/C13H16Cl2N2O/c14-10-4-1-5-11(15)12(10)13(18)17-9-3-2-7-16-8-6-9/h1,4-5,9,16H,2-3,6-8H2,(H,17,18). The van der Waals surface area contributed by atoms with Gasteiger partial charge >= 0.3 is 0 Å². The van der Waals surface area contributed by atoms with Crippen molar-refractivity contribution in [2.75, 3.05) is 13.1 Å². The first-order valence-corrected chi connectivity index (χ1v) is 6.89. The molecule has 1 atom stereocenters. The second kappa shape index (κ2) is 6.41. The molecule has 0 bridgehead atoms. The molecule has 1 fully saturated rings. The zero-order valence-corrected chi connectivity index (χ0v) is 11.5. The zero-order valence-electron chi connectivity index (χ0n) is 10.0. The van der Waals surface area contributed by atoms with Gasteiger partial charge in [0.25, 0.3) is 5.91 Å². The fraction of sp³-hybridized carbons (Fsp3) is 0.462. The SMILES string of the molecule is O=C(NC1CCCNCC1)c1c(Cl)cccc1Cl. The first-order valence-electron chi connectivity index (χ1n) is 6.14. The van der Waals surface area contributed by atoms with Crippen LogP contribution in [0.5, 0.6) is 0 Å². The molecule has 1 amide bonds. The van der Waals surface area contributed by atoms with Crippen LogP contribution in [0, 0.1) is 0 Å². The van der Waals surface area contributed by atoms with Crippen molar-refractivity contribution < 1.29 is 4.79 Å². The van der Waals surface area contributed by atoms with Gasteiger partial charge in [0.1, 0.15) is 0 Å². The van der Waals surface area contributed by atoms with E-state index in [2.05, 4.69) is 10.6 Å². The maximum Gasteiger partial charge on any atom is 0.254 e. The van der Waals surface area contributed by atoms with Crippen LogP contribution in [0.3, 0.4) is 0 Å². The summed E-state index contributed by atoms with van der Waals surface area (Å²) in [4.78, 5) is 12.2. The second-order valence-corrected chi connectivity index (χ2v) is 5.26. The largest absolute Gasteiger partial charge is 0.349 e. The molecule has 0 spiro atoms. The summed E-state index contributed by atoms with van der Waals surface area (Å²) in [6.45, 7) is 1.94. The van der Waals surface area contributed by atoms with Crippen LogP contribution in [0.4, 0.5) is 0 Å². The second-order valence-electron chi connectivity index (χ2n) is 4.45. The third-order valence-electron chi connectivity index (χ3n) is 3.10. The molecule has 1 aromatic rings. The molecule has 0 aromatic heterocycles. The van der Waals surface area contributed by atoms with E-state index >= 15 is 0 Å². The van der Waals surface area contributed by atoms with Crippen LogP contribution in [0.2, 0.25) is 10.0 Å². The fourth-order valence-electron chi connectivity index (χ4n) is 2.14. The predicted molar refractivity (Wildman–Crippen MR) is 74.4 cm³/mol. The molecular weight excluding hydrogens is 271 g/mol. The molecule has 1 heterocycles. The van der Waals surface area contributed by atoms with Crippen LogP contribution >= 0.6 is 23.2 Å². The van der Waals surface area contributed by atoms with E-state index in [1.54, 1.807) is 18.2 Å². The fourth-order valence-corrected chi connectivity index (χ4v) is 2.70. The highest BCUT2D eigenvalue weighted by atomic mass is 35.5. The molecule has 0 radical (unpaired) electrons. The van der Waals surface area contributed by atoms with Gasteiger partial charge in [0.2, 0.25) is 0 Å². The number of carbonyl (C=O) groups excluding carboxylic acids is 1. The topological polar surface area (TPSA) is 41.1 Å². The maximum absolute atomic E-state index is 12.2. The summed E-state index contributed by atoms with van der Waals surface area (Å²) in [6, 6.07) is 5.28. The molecule has 3 nitrogen and oxygen atoms in total. The van der Waals surface area contributed by atoms with Gasteiger partial charge in [-0.3, -0.25) is 4.79 Å². The van der Waals surface area contributed by atoms with Crippen LogP contribution in [0.15, 0.2) is 18.2 Å². The number of hydrogen-bond acceptors (Lipinski definition) is 2. The van der Waals surface area contributed by atoms with Gasteiger partial charge in [0.05, 0.1) is 15.6 Å². The normalized spacial score (nSPS) is 20.2. The Labute approximate surface area is 117 Å². The third kappa shape index (κ3) is 3.37. The highest BCUT2D eigenvalue weighted by Gasteiger charge is 2.19. The van der Waals surface area contributed by atoms with Gasteiger partial charge < -0.3 is 10.6 Å². The lowest BCUT2D eigenvalue weighted by Crippen LogP contribution is -2.35. The third-order valence-corrected chi connectivity index (χ3v) is 3.73. The molecule has 2 N–H and O–H groups in total. The lowest BCUT2D eigenvalue weighted by atomic mass is 10.1. The van der Waals surface area contributed by atoms with E-state index < -0.39 is 0 Å². The van der Waals surface area contributed by atoms with Gasteiger partial charge in [0, 0.05) is 6.04 Å². The van der Waals surface area contributed by atoms with E-state index in [1.165, 1.54) is 0 Å². The Morgan fingerprint density at radius 1 is 1.22 bits per heavy atom. The van der Waals surface area contributed by atoms with E-state index in [-0.39, 0.29) is 11.9 Å². The summed E-state index contributed by atoms with van der Waals surface area (Å²) >= 11 is 12.0. The molecule has 1 aliphatic rings. The van der Waals surface area contributed by atoms with Crippen molar-refractivity contribution in [2.24, 2.45) is 0 Å². The van der Waals surface area contributed by atoms with Crippen LogP contribution in [0.25, 0.3) is 0 Å². The minimum atomic E-state index is -0.183. The minimum Gasteiger partial charge on any atom is -0.349 e. The molecule has 18 heavy (non-hydrogen) atoms. The first kappa shape index (κ1) is 13.7. The number of benzene rings is 1. The smallest absolute Gasteiger partial charge is 0.254 e. The number of halogens is 2. The van der Waals surface area contributed by atoms with Gasteiger partial charge in [-0.1, -0.05) is 29.3 Å². The average Bonchev–Trinajstić information content (AvgIpc) is 2.57. The lowest BCUT2D eigenvalue weighted by molar-refractivity contribution is 0.0934. The van der Waals surface area contributed by atoms with Crippen molar-refractivity contribution in [3.63, 3.8) is 0 Å². The number of amides is 1. The van der Waals surface area contributed by atoms with Gasteiger partial charge in [-0.15, -0.1) is 0 Å². The predicted octanol–water partition coefficient (Wildman–Crippen LogP) is 2.87. The molecular formula is C13H16Cl2N2O. The summed E-state index contributed by atoms with van der Waals surface area (Å²) in [7, 11) is 0. The Morgan fingerprint density at radius 2 is 1.94 bits per heavy atom. The van der Waals surface area contributed by atoms with E-state index in [1.807, 2.05) is 0 Å². The average molecular weight is 287 g/mol. The molecule has 0 saturated carbocycles. The quantitative estimate of drug-likeness (QED) is 0.878. The molecule has 5 heteroatoms. The van der Waals surface area contributed by atoms with E-state index in [0.717, 1.165) is 32.4 Å². The highest BCUT2D eigenvalue weighted by molar-refractivity contribution is 6.39. The van der Waals surface area contributed by atoms with Gasteiger partial charge in [-0.25, -0.2) is 0 Å². The maximum atomic E-state index is 12.2. The first-order chi connectivity index (χ1) is 8.68. The Kier molecular flexibility index (Phi) is 4.87. The zero-order chi connectivity index (χ0) is 13.0. The van der Waals surface area contributed by atoms with E-state index in [4.69, 9.17) is 23.2 Å². The van der Waals surface area contributed by atoms with E-state index in [9.17, 15) is 4.79 Å². The summed E-state index contributed by atoms with van der Waals surface area (Å²) < 4.78 is 0. The molecule has 1 aliphatic heterocycles. The summed E-state index contributed by atoms with van der Waals surface area (Å²) in [5.74, 6) is -0.183. The molecule has 1 unspecified atom stereocenters. The Hall–Kier alpha value is -0.770. The van der Waals surface area contributed by atoms with Crippen LogP contribution in [-0.4, -0.2) is 25.0 Å². The molecule has 2 rings (SSSR count). The van der Waals surface area contributed by atoms with Gasteiger partial charge in [-0.05, 0) is 44.5 Å². The monoisotopic (exact) mass is 286 g/mol. The molecule has 98 valence electrons. The molecule has 0 aliphatic carbocycles. The van der Waals surface area contributed by atoms with Gasteiger partial charge in [0.15, 0.2) is 0 Å². The van der Waals surface area contributed by atoms with Crippen molar-refractivity contribution in [1.82, 2.24) is 10.6 Å². The van der Waals surface area contributed by atoms with E-state index in [0.29, 0.717) is 15.6 Å². The van der Waals surface area contributed by atoms with Crippen LogP contribution in [0.1, 0.15) is 29.6 Å². The Balaban J connectivity index is 2.07. The number of rotatable bonds is 2. The van der Waals surface area contributed by atoms with Crippen molar-refractivity contribution >= 4 is 29.1 Å². The van der Waals surface area contributed by atoms with Crippen LogP contribution in [-0.2, 0) is 0 Å². The Bertz CT molecular complexity index is 409. The van der Waals surface area contributed by atoms with Crippen molar-refractivity contribution in [3.05, 3.63) is 33.8 Å².